The highest BCUT2D eigenvalue weighted by Crippen LogP contribution is 2.38. The molecular formula is C43H38N4O6S2. The van der Waals surface area contributed by atoms with Crippen molar-refractivity contribution in [2.75, 3.05) is 31.5 Å². The standard InChI is InChI=1S/C43H38N4O6S2/c1-4-53-33-21-18-28(19-22-33)24-35(45-40(48)30-14-9-6-10-15-30)41(49)44-32-16-11-17-34(26-32)55-39(29-12-7-5-8-13-29)42(50)47-43-46-36(27-54-43)31-20-23-37(51-2)38(25-31)52-3/h5-27,39H,4H2,1-3H3,(H,44,49)(H,45,48)(H,46,47,50)/b35-24+. The van der Waals surface area contributed by atoms with Gasteiger partial charge in [-0.15, -0.1) is 23.1 Å². The Kier molecular flexibility index (Phi) is 13.0. The number of methoxy groups -OCH3 is 2. The first-order chi connectivity index (χ1) is 26.8. The van der Waals surface area contributed by atoms with Crippen molar-refractivity contribution < 1.29 is 28.6 Å². The zero-order valence-corrected chi connectivity index (χ0v) is 31.9. The second kappa shape index (κ2) is 18.6. The van der Waals surface area contributed by atoms with Crippen LogP contribution in [0.3, 0.4) is 0 Å². The number of benzene rings is 5. The summed E-state index contributed by atoms with van der Waals surface area (Å²) in [6.45, 7) is 2.43. The third-order valence-electron chi connectivity index (χ3n) is 8.13. The number of nitrogens with one attached hydrogen (secondary N) is 3. The van der Waals surface area contributed by atoms with E-state index in [-0.39, 0.29) is 11.6 Å². The number of ether oxygens (including phenoxy) is 3. The minimum absolute atomic E-state index is 0.0495. The van der Waals surface area contributed by atoms with Gasteiger partial charge in [0.25, 0.3) is 11.8 Å². The molecule has 1 aromatic heterocycles. The minimum Gasteiger partial charge on any atom is -0.494 e. The zero-order valence-electron chi connectivity index (χ0n) is 30.3. The minimum atomic E-state index is -0.652. The van der Waals surface area contributed by atoms with Gasteiger partial charge in [0, 0.05) is 27.1 Å². The van der Waals surface area contributed by atoms with Gasteiger partial charge in [-0.2, -0.15) is 0 Å². The number of aromatic nitrogens is 1. The molecule has 55 heavy (non-hydrogen) atoms. The number of hydrogen-bond donors (Lipinski definition) is 3. The molecule has 1 atom stereocenters. The van der Waals surface area contributed by atoms with Gasteiger partial charge in [-0.1, -0.05) is 66.7 Å². The molecule has 0 radical (unpaired) electrons. The largest absolute Gasteiger partial charge is 0.494 e. The fraction of sp³-hybridized carbons (Fsp3) is 0.116. The fourth-order valence-corrected chi connectivity index (χ4v) is 7.25. The monoisotopic (exact) mass is 770 g/mol. The van der Waals surface area contributed by atoms with Gasteiger partial charge >= 0.3 is 0 Å². The molecule has 1 unspecified atom stereocenters. The van der Waals surface area contributed by atoms with E-state index in [9.17, 15) is 14.4 Å². The first-order valence-corrected chi connectivity index (χ1v) is 19.0. The lowest BCUT2D eigenvalue weighted by molar-refractivity contribution is -0.116. The lowest BCUT2D eigenvalue weighted by Crippen LogP contribution is -2.30. The third kappa shape index (κ3) is 10.2. The highest BCUT2D eigenvalue weighted by molar-refractivity contribution is 8.00. The van der Waals surface area contributed by atoms with Crippen molar-refractivity contribution in [3.8, 4) is 28.5 Å². The first kappa shape index (κ1) is 38.4. The summed E-state index contributed by atoms with van der Waals surface area (Å²) < 4.78 is 16.4. The summed E-state index contributed by atoms with van der Waals surface area (Å²) in [6, 6.07) is 38.1. The Labute approximate surface area is 327 Å². The predicted octanol–water partition coefficient (Wildman–Crippen LogP) is 9.11. The van der Waals surface area contributed by atoms with Crippen LogP contribution in [-0.4, -0.2) is 43.5 Å². The number of rotatable bonds is 15. The molecule has 278 valence electrons. The zero-order chi connectivity index (χ0) is 38.6. The van der Waals surface area contributed by atoms with E-state index in [0.717, 1.165) is 16.0 Å². The Bertz CT molecular complexity index is 2280. The van der Waals surface area contributed by atoms with Crippen LogP contribution in [0.4, 0.5) is 10.8 Å². The maximum absolute atomic E-state index is 13.9. The molecular weight excluding hydrogens is 733 g/mol. The van der Waals surface area contributed by atoms with Crippen molar-refractivity contribution in [2.45, 2.75) is 17.1 Å². The molecule has 0 saturated heterocycles. The van der Waals surface area contributed by atoms with Gasteiger partial charge in [-0.05, 0) is 84.8 Å². The predicted molar refractivity (Wildman–Crippen MR) is 219 cm³/mol. The van der Waals surface area contributed by atoms with Gasteiger partial charge < -0.3 is 30.2 Å². The van der Waals surface area contributed by atoms with Crippen molar-refractivity contribution in [1.82, 2.24) is 10.3 Å². The van der Waals surface area contributed by atoms with Crippen LogP contribution >= 0.6 is 23.1 Å². The van der Waals surface area contributed by atoms with E-state index in [2.05, 4.69) is 20.9 Å². The number of thiazole rings is 1. The van der Waals surface area contributed by atoms with Gasteiger partial charge in [0.2, 0.25) is 5.91 Å². The number of thioether (sulfide) groups is 1. The fourth-order valence-electron chi connectivity index (χ4n) is 5.45. The Morgan fingerprint density at radius 2 is 1.53 bits per heavy atom. The van der Waals surface area contributed by atoms with Crippen molar-refractivity contribution in [3.63, 3.8) is 0 Å². The lowest BCUT2D eigenvalue weighted by Gasteiger charge is -2.17. The van der Waals surface area contributed by atoms with Crippen LogP contribution < -0.4 is 30.2 Å². The van der Waals surface area contributed by atoms with E-state index < -0.39 is 17.1 Å². The number of carbonyl (C=O) groups excluding carboxylic acids is 3. The molecule has 0 aliphatic rings. The smallest absolute Gasteiger partial charge is 0.272 e. The van der Waals surface area contributed by atoms with Crippen molar-refractivity contribution in [2.24, 2.45) is 0 Å². The van der Waals surface area contributed by atoms with Gasteiger partial charge in [0.05, 0.1) is 26.5 Å². The Balaban J connectivity index is 1.20. The van der Waals surface area contributed by atoms with Gasteiger partial charge in [-0.3, -0.25) is 14.4 Å². The first-order valence-electron chi connectivity index (χ1n) is 17.3. The van der Waals surface area contributed by atoms with Crippen molar-refractivity contribution in [3.05, 3.63) is 155 Å². The van der Waals surface area contributed by atoms with E-state index >= 15 is 0 Å². The van der Waals surface area contributed by atoms with E-state index in [1.807, 2.05) is 85.1 Å². The van der Waals surface area contributed by atoms with Crippen LogP contribution in [0.1, 0.15) is 33.7 Å². The SMILES string of the molecule is CCOc1ccc(/C=C(/NC(=O)c2ccccc2)C(=O)Nc2cccc(SC(C(=O)Nc3nc(-c4ccc(OC)c(OC)c4)cs3)c3ccccc3)c2)cc1. The van der Waals surface area contributed by atoms with Gasteiger partial charge in [0.1, 0.15) is 16.7 Å². The molecule has 10 nitrogen and oxygen atoms in total. The molecule has 0 fully saturated rings. The highest BCUT2D eigenvalue weighted by Gasteiger charge is 2.24. The maximum atomic E-state index is 13.9. The van der Waals surface area contributed by atoms with Crippen LogP contribution in [-0.2, 0) is 9.59 Å². The molecule has 0 saturated carbocycles. The molecule has 0 aliphatic carbocycles. The van der Waals surface area contributed by atoms with Gasteiger partial charge in [-0.25, -0.2) is 4.98 Å². The van der Waals surface area contributed by atoms with E-state index in [1.54, 1.807) is 74.9 Å². The molecule has 0 bridgehead atoms. The van der Waals surface area contributed by atoms with Crippen LogP contribution in [0, 0.1) is 0 Å². The quantitative estimate of drug-likeness (QED) is 0.0697. The van der Waals surface area contributed by atoms with Crippen molar-refractivity contribution >= 4 is 57.7 Å². The summed E-state index contributed by atoms with van der Waals surface area (Å²) in [6.07, 6.45) is 1.61. The van der Waals surface area contributed by atoms with Crippen LogP contribution in [0.25, 0.3) is 17.3 Å². The maximum Gasteiger partial charge on any atom is 0.272 e. The molecule has 1 heterocycles. The van der Waals surface area contributed by atoms with E-state index in [0.29, 0.717) is 51.5 Å². The van der Waals surface area contributed by atoms with E-state index in [4.69, 9.17) is 14.2 Å². The number of amides is 3. The Morgan fingerprint density at radius 1 is 0.800 bits per heavy atom. The summed E-state index contributed by atoms with van der Waals surface area (Å²) >= 11 is 2.65. The normalized spacial score (nSPS) is 11.6. The highest BCUT2D eigenvalue weighted by atomic mass is 32.2. The number of anilines is 2. The van der Waals surface area contributed by atoms with Crippen LogP contribution in [0.2, 0.25) is 0 Å². The number of carbonyl (C=O) groups is 3. The van der Waals surface area contributed by atoms with Crippen molar-refractivity contribution in [1.29, 1.82) is 0 Å². The summed E-state index contributed by atoms with van der Waals surface area (Å²) in [5.74, 6) is 0.674. The Hall–Kier alpha value is -6.37. The average Bonchev–Trinajstić information content (AvgIpc) is 3.69. The summed E-state index contributed by atoms with van der Waals surface area (Å²) in [5, 5.41) is 10.4. The summed E-state index contributed by atoms with van der Waals surface area (Å²) in [7, 11) is 3.15. The van der Waals surface area contributed by atoms with Gasteiger partial charge in [0.15, 0.2) is 16.6 Å². The molecule has 5 aromatic carbocycles. The molecule has 0 aliphatic heterocycles. The summed E-state index contributed by atoms with van der Waals surface area (Å²) in [5.41, 5.74) is 3.93. The molecule has 6 aromatic rings. The molecule has 12 heteroatoms. The second-order valence-electron chi connectivity index (χ2n) is 11.9. The number of hydrogen-bond acceptors (Lipinski definition) is 9. The average molecular weight is 771 g/mol. The Morgan fingerprint density at radius 3 is 2.24 bits per heavy atom. The third-order valence-corrected chi connectivity index (χ3v) is 10.1. The van der Waals surface area contributed by atoms with Crippen LogP contribution in [0.15, 0.2) is 143 Å². The number of nitrogens with zero attached hydrogens (tertiary/aromatic N) is 1. The molecule has 3 N–H and O–H groups in total. The second-order valence-corrected chi connectivity index (χ2v) is 13.9. The van der Waals surface area contributed by atoms with Crippen LogP contribution in [0.5, 0.6) is 17.2 Å². The summed E-state index contributed by atoms with van der Waals surface area (Å²) in [4.78, 5) is 46.3. The molecule has 3 amide bonds. The molecule has 6 rings (SSSR count). The molecule has 0 spiro atoms. The topological polar surface area (TPSA) is 128 Å². The van der Waals surface area contributed by atoms with E-state index in [1.165, 1.54) is 23.1 Å². The lowest BCUT2D eigenvalue weighted by atomic mass is 10.1.